The van der Waals surface area contributed by atoms with Gasteiger partial charge in [0.25, 0.3) is 0 Å². The molecule has 1 amide bonds. The number of rotatable bonds is 3. The number of amides is 1. The Labute approximate surface area is 114 Å². The van der Waals surface area contributed by atoms with Crippen molar-refractivity contribution in [3.05, 3.63) is 29.8 Å². The third-order valence-corrected chi connectivity index (χ3v) is 3.75. The molecule has 4 heteroatoms. The standard InChI is InChI=1S/C15H22N2O2/c1-10-7-8-13(11(2)16-10)17-15(19)9-12-5-3-4-6-14(12)18/h3-6,10-11,13,16,18H,7-9H2,1-2H3,(H,17,19). The zero-order valence-electron chi connectivity index (χ0n) is 11.5. The summed E-state index contributed by atoms with van der Waals surface area (Å²) in [5.74, 6) is 0.149. The van der Waals surface area contributed by atoms with E-state index in [2.05, 4.69) is 24.5 Å². The van der Waals surface area contributed by atoms with Gasteiger partial charge in [-0.25, -0.2) is 0 Å². The maximum atomic E-state index is 12.0. The molecular weight excluding hydrogens is 240 g/mol. The van der Waals surface area contributed by atoms with E-state index in [-0.39, 0.29) is 30.2 Å². The van der Waals surface area contributed by atoms with Crippen LogP contribution in [0.2, 0.25) is 0 Å². The largest absolute Gasteiger partial charge is 0.508 e. The molecule has 0 aromatic heterocycles. The molecule has 1 heterocycles. The van der Waals surface area contributed by atoms with Crippen LogP contribution in [0, 0.1) is 0 Å². The van der Waals surface area contributed by atoms with Crippen LogP contribution < -0.4 is 10.6 Å². The second-order valence-electron chi connectivity index (χ2n) is 5.41. The lowest BCUT2D eigenvalue weighted by Gasteiger charge is -2.34. The molecule has 1 aromatic carbocycles. The third kappa shape index (κ3) is 3.70. The van der Waals surface area contributed by atoms with Crippen molar-refractivity contribution in [3.63, 3.8) is 0 Å². The summed E-state index contributed by atoms with van der Waals surface area (Å²) in [7, 11) is 0. The zero-order chi connectivity index (χ0) is 13.8. The highest BCUT2D eigenvalue weighted by Crippen LogP contribution is 2.17. The predicted octanol–water partition coefficient (Wildman–Crippen LogP) is 1.58. The molecule has 19 heavy (non-hydrogen) atoms. The minimum Gasteiger partial charge on any atom is -0.508 e. The average Bonchev–Trinajstić information content (AvgIpc) is 2.36. The van der Waals surface area contributed by atoms with E-state index in [1.54, 1.807) is 18.2 Å². The van der Waals surface area contributed by atoms with Crippen LogP contribution in [0.1, 0.15) is 32.3 Å². The van der Waals surface area contributed by atoms with E-state index in [0.29, 0.717) is 11.6 Å². The number of para-hydroxylation sites is 1. The van der Waals surface area contributed by atoms with Crippen molar-refractivity contribution in [2.24, 2.45) is 0 Å². The molecule has 3 N–H and O–H groups in total. The highest BCUT2D eigenvalue weighted by molar-refractivity contribution is 5.79. The highest BCUT2D eigenvalue weighted by atomic mass is 16.3. The quantitative estimate of drug-likeness (QED) is 0.775. The van der Waals surface area contributed by atoms with Crippen LogP contribution in [0.5, 0.6) is 5.75 Å². The number of phenols is 1. The molecule has 4 nitrogen and oxygen atoms in total. The predicted molar refractivity (Wildman–Crippen MR) is 75.0 cm³/mol. The molecule has 1 saturated heterocycles. The number of aromatic hydroxyl groups is 1. The van der Waals surface area contributed by atoms with Crippen molar-refractivity contribution >= 4 is 5.91 Å². The van der Waals surface area contributed by atoms with Gasteiger partial charge in [0.1, 0.15) is 5.75 Å². The van der Waals surface area contributed by atoms with Crippen molar-refractivity contribution in [3.8, 4) is 5.75 Å². The van der Waals surface area contributed by atoms with Gasteiger partial charge in [-0.05, 0) is 32.8 Å². The van der Waals surface area contributed by atoms with Crippen LogP contribution in [-0.2, 0) is 11.2 Å². The number of hydrogen-bond donors (Lipinski definition) is 3. The molecule has 0 aliphatic carbocycles. The van der Waals surface area contributed by atoms with Gasteiger partial charge < -0.3 is 15.7 Å². The second-order valence-corrected chi connectivity index (χ2v) is 5.41. The molecule has 0 saturated carbocycles. The number of piperidine rings is 1. The topological polar surface area (TPSA) is 61.4 Å². The first-order valence-electron chi connectivity index (χ1n) is 6.88. The van der Waals surface area contributed by atoms with Crippen molar-refractivity contribution in [2.75, 3.05) is 0 Å². The molecule has 3 unspecified atom stereocenters. The summed E-state index contributed by atoms with van der Waals surface area (Å²) >= 11 is 0. The van der Waals surface area contributed by atoms with Gasteiger partial charge >= 0.3 is 0 Å². The fraction of sp³-hybridized carbons (Fsp3) is 0.533. The Hall–Kier alpha value is -1.55. The summed E-state index contributed by atoms with van der Waals surface area (Å²) in [5, 5.41) is 16.2. The summed E-state index contributed by atoms with van der Waals surface area (Å²) in [6, 6.07) is 7.95. The molecule has 104 valence electrons. The molecule has 0 bridgehead atoms. The van der Waals surface area contributed by atoms with Gasteiger partial charge in [-0.3, -0.25) is 4.79 Å². The smallest absolute Gasteiger partial charge is 0.224 e. The summed E-state index contributed by atoms with van der Waals surface area (Å²) in [4.78, 5) is 12.0. The SMILES string of the molecule is CC1CCC(NC(=O)Cc2ccccc2O)C(C)N1. The minimum atomic E-state index is -0.0327. The maximum Gasteiger partial charge on any atom is 0.224 e. The number of hydrogen-bond acceptors (Lipinski definition) is 3. The molecule has 1 aromatic rings. The van der Waals surface area contributed by atoms with Crippen LogP contribution in [0.3, 0.4) is 0 Å². The first kappa shape index (κ1) is 13.9. The Balaban J connectivity index is 1.90. The van der Waals surface area contributed by atoms with Gasteiger partial charge in [0.05, 0.1) is 6.42 Å². The summed E-state index contributed by atoms with van der Waals surface area (Å²) in [6.45, 7) is 4.26. The minimum absolute atomic E-state index is 0.0327. The van der Waals surface area contributed by atoms with Crippen LogP contribution in [0.15, 0.2) is 24.3 Å². The molecule has 0 radical (unpaired) electrons. The molecule has 1 fully saturated rings. The summed E-state index contributed by atoms with van der Waals surface area (Å²) < 4.78 is 0. The van der Waals surface area contributed by atoms with Crippen LogP contribution in [0.25, 0.3) is 0 Å². The van der Waals surface area contributed by atoms with Crippen molar-refractivity contribution < 1.29 is 9.90 Å². The number of nitrogens with one attached hydrogen (secondary N) is 2. The Morgan fingerprint density at radius 2 is 2.11 bits per heavy atom. The monoisotopic (exact) mass is 262 g/mol. The van der Waals surface area contributed by atoms with Gasteiger partial charge in [-0.15, -0.1) is 0 Å². The van der Waals surface area contributed by atoms with E-state index < -0.39 is 0 Å². The normalized spacial score (nSPS) is 26.9. The maximum absolute atomic E-state index is 12.0. The number of carbonyl (C=O) groups is 1. The van der Waals surface area contributed by atoms with E-state index in [9.17, 15) is 9.90 Å². The molecule has 1 aliphatic heterocycles. The van der Waals surface area contributed by atoms with Gasteiger partial charge in [0.2, 0.25) is 5.91 Å². The lowest BCUT2D eigenvalue weighted by Crippen LogP contribution is -2.55. The average molecular weight is 262 g/mol. The Morgan fingerprint density at radius 3 is 2.79 bits per heavy atom. The number of carbonyl (C=O) groups excluding carboxylic acids is 1. The van der Waals surface area contributed by atoms with Crippen LogP contribution >= 0.6 is 0 Å². The van der Waals surface area contributed by atoms with Gasteiger partial charge in [-0.2, -0.15) is 0 Å². The highest BCUT2D eigenvalue weighted by Gasteiger charge is 2.25. The van der Waals surface area contributed by atoms with Gasteiger partial charge in [-0.1, -0.05) is 18.2 Å². The van der Waals surface area contributed by atoms with E-state index in [1.165, 1.54) is 0 Å². The van der Waals surface area contributed by atoms with Crippen molar-refractivity contribution in [2.45, 2.75) is 51.2 Å². The Bertz CT molecular complexity index is 448. The molecule has 0 spiro atoms. The van der Waals surface area contributed by atoms with Gasteiger partial charge in [0.15, 0.2) is 0 Å². The van der Waals surface area contributed by atoms with Crippen molar-refractivity contribution in [1.82, 2.24) is 10.6 Å². The Kier molecular flexibility index (Phi) is 4.43. The first-order chi connectivity index (χ1) is 9.06. The van der Waals surface area contributed by atoms with E-state index in [1.807, 2.05) is 6.07 Å². The molecule has 2 rings (SSSR count). The molecule has 1 aliphatic rings. The number of phenolic OH excluding ortho intramolecular Hbond substituents is 1. The lowest BCUT2D eigenvalue weighted by molar-refractivity contribution is -0.121. The van der Waals surface area contributed by atoms with Gasteiger partial charge in [0, 0.05) is 23.7 Å². The van der Waals surface area contributed by atoms with Crippen LogP contribution in [0.4, 0.5) is 0 Å². The van der Waals surface area contributed by atoms with E-state index >= 15 is 0 Å². The van der Waals surface area contributed by atoms with Crippen molar-refractivity contribution in [1.29, 1.82) is 0 Å². The van der Waals surface area contributed by atoms with E-state index in [4.69, 9.17) is 0 Å². The fourth-order valence-electron chi connectivity index (χ4n) is 2.62. The van der Waals surface area contributed by atoms with E-state index in [0.717, 1.165) is 12.8 Å². The zero-order valence-corrected chi connectivity index (χ0v) is 11.5. The third-order valence-electron chi connectivity index (χ3n) is 3.75. The summed E-state index contributed by atoms with van der Waals surface area (Å²) in [5.41, 5.74) is 0.671. The number of benzene rings is 1. The molecular formula is C15H22N2O2. The van der Waals surface area contributed by atoms with Crippen LogP contribution in [-0.4, -0.2) is 29.1 Å². The first-order valence-corrected chi connectivity index (χ1v) is 6.88. The lowest BCUT2D eigenvalue weighted by atomic mass is 9.95. The molecule has 3 atom stereocenters. The fourth-order valence-corrected chi connectivity index (χ4v) is 2.62. The summed E-state index contributed by atoms with van der Waals surface area (Å²) in [6.07, 6.45) is 2.30. The Morgan fingerprint density at radius 1 is 1.37 bits per heavy atom. The second kappa shape index (κ2) is 6.06.